The fraction of sp³-hybridized carbons (Fsp3) is 0.526. The van der Waals surface area contributed by atoms with Crippen LogP contribution in [0.3, 0.4) is 0 Å². The monoisotopic (exact) mass is 322 g/mol. The van der Waals surface area contributed by atoms with E-state index in [9.17, 15) is 18.0 Å². The van der Waals surface area contributed by atoms with Crippen LogP contribution in [0.2, 0.25) is 0 Å². The first kappa shape index (κ1) is 16.3. The highest BCUT2D eigenvalue weighted by Crippen LogP contribution is 2.49. The molecule has 0 N–H and O–H groups in total. The lowest BCUT2D eigenvalue weighted by molar-refractivity contribution is -0.137. The Morgan fingerprint density at radius 3 is 2.48 bits per heavy atom. The van der Waals surface area contributed by atoms with Crippen molar-refractivity contribution in [3.8, 4) is 0 Å². The molecule has 0 aromatic heterocycles. The van der Waals surface area contributed by atoms with E-state index in [1.54, 1.807) is 6.08 Å². The molecule has 1 nitrogen and oxygen atoms in total. The molecule has 23 heavy (non-hydrogen) atoms. The lowest BCUT2D eigenvalue weighted by atomic mass is 9.58. The van der Waals surface area contributed by atoms with Gasteiger partial charge in [-0.05, 0) is 60.9 Å². The predicted molar refractivity (Wildman–Crippen MR) is 83.7 cm³/mol. The number of hydrogen-bond acceptors (Lipinski definition) is 1. The average molecular weight is 322 g/mol. The number of alkyl halides is 3. The molecular formula is C19H21F3O. The Kier molecular flexibility index (Phi) is 4.11. The maximum absolute atomic E-state index is 12.9. The Morgan fingerprint density at radius 1 is 1.13 bits per heavy atom. The molecule has 0 aliphatic heterocycles. The first-order valence-corrected chi connectivity index (χ1v) is 8.23. The summed E-state index contributed by atoms with van der Waals surface area (Å²) in [5, 5.41) is 0. The quantitative estimate of drug-likeness (QED) is 0.611. The molecule has 2 atom stereocenters. The number of allylic oxidation sites excluding steroid dienone is 1. The zero-order chi connectivity index (χ0) is 16.7. The maximum Gasteiger partial charge on any atom is 0.416 e. The van der Waals surface area contributed by atoms with Crippen LogP contribution in [0.25, 0.3) is 6.08 Å². The minimum Gasteiger partial charge on any atom is -0.294 e. The molecule has 0 amide bonds. The minimum absolute atomic E-state index is 0.202. The van der Waals surface area contributed by atoms with Crippen molar-refractivity contribution in [2.45, 2.75) is 51.6 Å². The Labute approximate surface area is 134 Å². The molecule has 0 bridgehead atoms. The van der Waals surface area contributed by atoms with Crippen LogP contribution in [0, 0.1) is 11.3 Å². The van der Waals surface area contributed by atoms with Crippen LogP contribution in [0.4, 0.5) is 13.2 Å². The molecule has 0 unspecified atom stereocenters. The van der Waals surface area contributed by atoms with E-state index in [-0.39, 0.29) is 11.2 Å². The average Bonchev–Trinajstić information content (AvgIpc) is 2.51. The van der Waals surface area contributed by atoms with Crippen LogP contribution >= 0.6 is 0 Å². The third-order valence-corrected chi connectivity index (χ3v) is 5.55. The van der Waals surface area contributed by atoms with E-state index in [0.717, 1.165) is 49.8 Å². The third kappa shape index (κ3) is 3.08. The molecule has 2 aliphatic carbocycles. The van der Waals surface area contributed by atoms with Gasteiger partial charge in [-0.1, -0.05) is 31.9 Å². The molecule has 4 heteroatoms. The number of carbonyl (C=O) groups is 1. The minimum atomic E-state index is -4.32. The topological polar surface area (TPSA) is 17.1 Å². The molecular weight excluding hydrogens is 301 g/mol. The molecule has 0 spiro atoms. The van der Waals surface area contributed by atoms with Gasteiger partial charge >= 0.3 is 6.18 Å². The summed E-state index contributed by atoms with van der Waals surface area (Å²) in [6.07, 6.45) is 3.54. The first-order valence-electron chi connectivity index (χ1n) is 8.23. The van der Waals surface area contributed by atoms with Crippen molar-refractivity contribution in [3.63, 3.8) is 0 Å². The normalized spacial score (nSPS) is 30.3. The zero-order valence-corrected chi connectivity index (χ0v) is 13.2. The lowest BCUT2D eigenvalue weighted by Gasteiger charge is -2.44. The number of carbonyl (C=O) groups excluding carboxylic acids is 1. The summed E-state index contributed by atoms with van der Waals surface area (Å²) in [6, 6.07) is 5.03. The van der Waals surface area contributed by atoms with Crippen molar-refractivity contribution in [1.29, 1.82) is 0 Å². The highest BCUT2D eigenvalue weighted by atomic mass is 19.4. The van der Waals surface area contributed by atoms with Crippen molar-refractivity contribution in [3.05, 3.63) is 41.0 Å². The molecule has 0 saturated heterocycles. The van der Waals surface area contributed by atoms with Gasteiger partial charge in [0, 0.05) is 5.41 Å². The lowest BCUT2D eigenvalue weighted by Crippen LogP contribution is -2.42. The number of hydrogen-bond donors (Lipinski definition) is 0. The summed E-state index contributed by atoms with van der Waals surface area (Å²) in [5.41, 5.74) is 0.507. The van der Waals surface area contributed by atoms with E-state index in [1.165, 1.54) is 18.6 Å². The predicted octanol–water partition coefficient (Wildman–Crippen LogP) is 5.65. The number of benzene rings is 1. The van der Waals surface area contributed by atoms with Crippen molar-refractivity contribution in [2.24, 2.45) is 11.3 Å². The summed E-state index contributed by atoms with van der Waals surface area (Å²) in [4.78, 5) is 12.9. The van der Waals surface area contributed by atoms with Crippen molar-refractivity contribution in [1.82, 2.24) is 0 Å². The fourth-order valence-electron chi connectivity index (χ4n) is 4.08. The van der Waals surface area contributed by atoms with Gasteiger partial charge in [0.15, 0.2) is 5.78 Å². The number of ketones is 1. The molecule has 1 aromatic rings. The molecule has 2 aliphatic rings. The third-order valence-electron chi connectivity index (χ3n) is 5.55. The largest absolute Gasteiger partial charge is 0.416 e. The Balaban J connectivity index is 1.84. The van der Waals surface area contributed by atoms with E-state index in [2.05, 4.69) is 6.92 Å². The van der Waals surface area contributed by atoms with Gasteiger partial charge in [-0.2, -0.15) is 13.2 Å². The van der Waals surface area contributed by atoms with E-state index in [1.807, 2.05) is 0 Å². The highest BCUT2D eigenvalue weighted by Gasteiger charge is 2.46. The summed E-state index contributed by atoms with van der Waals surface area (Å²) >= 11 is 0. The number of halogens is 3. The van der Waals surface area contributed by atoms with E-state index < -0.39 is 11.7 Å². The second kappa shape index (κ2) is 5.81. The van der Waals surface area contributed by atoms with E-state index in [0.29, 0.717) is 11.5 Å². The van der Waals surface area contributed by atoms with Crippen molar-refractivity contribution in [2.75, 3.05) is 0 Å². The van der Waals surface area contributed by atoms with Gasteiger partial charge in [0.1, 0.15) is 0 Å². The van der Waals surface area contributed by atoms with Gasteiger partial charge in [-0.25, -0.2) is 0 Å². The Hall–Kier alpha value is -1.58. The van der Waals surface area contributed by atoms with Gasteiger partial charge in [0.2, 0.25) is 0 Å². The van der Waals surface area contributed by atoms with Gasteiger partial charge in [0.05, 0.1) is 5.56 Å². The van der Waals surface area contributed by atoms with E-state index >= 15 is 0 Å². The molecule has 2 fully saturated rings. The van der Waals surface area contributed by atoms with Gasteiger partial charge in [-0.3, -0.25) is 4.79 Å². The molecule has 2 saturated carbocycles. The van der Waals surface area contributed by atoms with Crippen LogP contribution in [-0.2, 0) is 11.0 Å². The van der Waals surface area contributed by atoms with Gasteiger partial charge < -0.3 is 0 Å². The molecule has 124 valence electrons. The summed E-state index contributed by atoms with van der Waals surface area (Å²) in [5.74, 6) is 0.668. The van der Waals surface area contributed by atoms with Crippen LogP contribution in [0.15, 0.2) is 29.8 Å². The maximum atomic E-state index is 12.9. The molecule has 0 heterocycles. The summed E-state index contributed by atoms with van der Waals surface area (Å²) in [6.45, 7) is 2.07. The molecule has 3 rings (SSSR count). The Bertz CT molecular complexity index is 627. The second-order valence-corrected chi connectivity index (χ2v) is 7.02. The van der Waals surface area contributed by atoms with Crippen LogP contribution in [0.1, 0.15) is 56.6 Å². The first-order chi connectivity index (χ1) is 10.8. The smallest absolute Gasteiger partial charge is 0.294 e. The number of fused-ring (bicyclic) bond motifs is 1. The van der Waals surface area contributed by atoms with Crippen molar-refractivity contribution >= 4 is 11.9 Å². The van der Waals surface area contributed by atoms with Gasteiger partial charge in [0.25, 0.3) is 0 Å². The van der Waals surface area contributed by atoms with E-state index in [4.69, 9.17) is 0 Å². The van der Waals surface area contributed by atoms with Crippen molar-refractivity contribution < 1.29 is 18.0 Å². The van der Waals surface area contributed by atoms with Gasteiger partial charge in [-0.15, -0.1) is 0 Å². The van der Waals surface area contributed by atoms with Crippen LogP contribution < -0.4 is 0 Å². The SMILES string of the molecule is C[C@@]12CCCC[C@@H]1CC/C(=C\c1ccc(C(F)(F)F)cc1)C2=O. The fourth-order valence-corrected chi connectivity index (χ4v) is 4.08. The summed E-state index contributed by atoms with van der Waals surface area (Å²) in [7, 11) is 0. The Morgan fingerprint density at radius 2 is 1.83 bits per heavy atom. The zero-order valence-electron chi connectivity index (χ0n) is 13.2. The number of rotatable bonds is 1. The number of Topliss-reactive ketones (excluding diaryl/α,β-unsaturated/α-hetero) is 1. The second-order valence-electron chi connectivity index (χ2n) is 7.02. The molecule has 1 aromatic carbocycles. The molecule has 0 radical (unpaired) electrons. The van der Waals surface area contributed by atoms with Crippen LogP contribution in [0.5, 0.6) is 0 Å². The highest BCUT2D eigenvalue weighted by molar-refractivity contribution is 6.04. The standard InChI is InChI=1S/C19H21F3O/c1-18-11-3-2-4-15(18)10-7-14(17(18)23)12-13-5-8-16(9-6-13)19(20,21)22/h5-6,8-9,12,15H,2-4,7,10-11H2,1H3/b14-12+/t15-,18-/m1/s1. The summed E-state index contributed by atoms with van der Waals surface area (Å²) < 4.78 is 37.8. The van der Waals surface area contributed by atoms with Crippen LogP contribution in [-0.4, -0.2) is 5.78 Å².